The van der Waals surface area contributed by atoms with Crippen LogP contribution in [0.3, 0.4) is 0 Å². The topological polar surface area (TPSA) is 70.0 Å². The zero-order valence-electron chi connectivity index (χ0n) is 17.6. The van der Waals surface area contributed by atoms with Crippen LogP contribution in [0.5, 0.6) is 0 Å². The molecule has 0 radical (unpaired) electrons. The lowest BCUT2D eigenvalue weighted by atomic mass is 9.83. The molecule has 3 aliphatic rings. The maximum absolute atomic E-state index is 13.9. The third-order valence-electron chi connectivity index (χ3n) is 6.76. The minimum Gasteiger partial charge on any atom is -0.292 e. The number of ketones is 1. The van der Waals surface area contributed by atoms with Gasteiger partial charge in [0.1, 0.15) is 11.9 Å². The molecule has 3 aromatic carbocycles. The number of carbonyl (C=O) groups is 3. The molecule has 0 saturated carbocycles. The van der Waals surface area contributed by atoms with E-state index in [0.29, 0.717) is 10.6 Å². The third kappa shape index (κ3) is 2.93. The molecule has 0 bridgehead atoms. The van der Waals surface area contributed by atoms with Gasteiger partial charge in [-0.15, -0.1) is 0 Å². The van der Waals surface area contributed by atoms with Crippen molar-refractivity contribution >= 4 is 41.1 Å². The Labute approximate surface area is 199 Å². The Kier molecular flexibility index (Phi) is 4.64. The average molecular weight is 474 g/mol. The molecule has 3 aliphatic heterocycles. The van der Waals surface area contributed by atoms with Crippen molar-refractivity contribution in [2.75, 3.05) is 4.90 Å². The second-order valence-electron chi connectivity index (χ2n) is 8.56. The van der Waals surface area contributed by atoms with Gasteiger partial charge in [0.15, 0.2) is 5.78 Å². The lowest BCUT2D eigenvalue weighted by Gasteiger charge is -2.33. The number of benzene rings is 3. The normalized spacial score (nSPS) is 24.8. The van der Waals surface area contributed by atoms with Crippen LogP contribution in [0.2, 0.25) is 5.02 Å². The van der Waals surface area contributed by atoms with Crippen LogP contribution in [0.25, 0.3) is 0 Å². The molecule has 2 amide bonds. The van der Waals surface area contributed by atoms with Gasteiger partial charge in [-0.1, -0.05) is 41.9 Å². The largest absolute Gasteiger partial charge is 0.292 e. The van der Waals surface area contributed by atoms with Gasteiger partial charge in [-0.2, -0.15) is 5.10 Å². The summed E-state index contributed by atoms with van der Waals surface area (Å²) in [5.41, 5.74) is 2.17. The molecule has 0 aromatic heterocycles. The number of amides is 2. The summed E-state index contributed by atoms with van der Waals surface area (Å²) in [4.78, 5) is 42.1. The first kappa shape index (κ1) is 20.7. The Balaban J connectivity index is 1.50. The summed E-state index contributed by atoms with van der Waals surface area (Å²) in [5.74, 6) is -3.68. The Hall–Kier alpha value is -3.84. The van der Waals surface area contributed by atoms with E-state index in [-0.39, 0.29) is 11.5 Å². The fourth-order valence-corrected chi connectivity index (χ4v) is 5.45. The fraction of sp³-hybridized carbons (Fsp3) is 0.154. The number of hydrogen-bond acceptors (Lipinski definition) is 5. The quantitative estimate of drug-likeness (QED) is 0.421. The molecular weight excluding hydrogens is 457 g/mol. The van der Waals surface area contributed by atoms with Crippen molar-refractivity contribution in [3.05, 3.63) is 100 Å². The molecule has 3 heterocycles. The summed E-state index contributed by atoms with van der Waals surface area (Å²) in [6.45, 7) is 0. The van der Waals surface area contributed by atoms with E-state index >= 15 is 0 Å². The van der Waals surface area contributed by atoms with Crippen LogP contribution in [0, 0.1) is 17.7 Å². The van der Waals surface area contributed by atoms with Gasteiger partial charge in [0, 0.05) is 10.6 Å². The van der Waals surface area contributed by atoms with Crippen molar-refractivity contribution in [3.8, 4) is 0 Å². The van der Waals surface area contributed by atoms with Crippen molar-refractivity contribution in [3.63, 3.8) is 0 Å². The minimum atomic E-state index is -0.990. The standard InChI is InChI=1S/C26H17ClFN3O3/c27-16-10-8-14(9-11-16)24(32)23-21-20(22-19-7-2-1-4-15(19)13-29-31(22)23)25(33)30(26(21)34)18-6-3-5-17(28)12-18/h1-13,20-23H. The number of rotatable bonds is 3. The second-order valence-corrected chi connectivity index (χ2v) is 8.99. The van der Waals surface area contributed by atoms with Crippen molar-refractivity contribution < 1.29 is 18.8 Å². The van der Waals surface area contributed by atoms with Gasteiger partial charge in [-0.25, -0.2) is 9.29 Å². The predicted octanol–water partition coefficient (Wildman–Crippen LogP) is 4.24. The molecule has 34 heavy (non-hydrogen) atoms. The SMILES string of the molecule is O=C(c1ccc(Cl)cc1)C1C2C(=O)N(c3cccc(F)c3)C(=O)C2C2c3ccccc3C=NN12. The van der Waals surface area contributed by atoms with Crippen molar-refractivity contribution in [1.82, 2.24) is 5.01 Å². The molecular formula is C26H17ClFN3O3. The van der Waals surface area contributed by atoms with E-state index in [1.807, 2.05) is 24.3 Å². The summed E-state index contributed by atoms with van der Waals surface area (Å²) in [6.07, 6.45) is 1.65. The molecule has 2 fully saturated rings. The summed E-state index contributed by atoms with van der Waals surface area (Å²) in [7, 11) is 0. The van der Waals surface area contributed by atoms with Crippen LogP contribution >= 0.6 is 11.6 Å². The number of Topliss-reactive ketones (excluding diaryl/α,β-unsaturated/α-hetero) is 1. The van der Waals surface area contributed by atoms with E-state index in [2.05, 4.69) is 5.10 Å². The van der Waals surface area contributed by atoms with Gasteiger partial charge in [-0.3, -0.25) is 19.4 Å². The first-order valence-corrected chi connectivity index (χ1v) is 11.2. The Bertz CT molecular complexity index is 1390. The first-order valence-electron chi connectivity index (χ1n) is 10.8. The molecule has 168 valence electrons. The maximum Gasteiger partial charge on any atom is 0.240 e. The molecule has 8 heteroatoms. The van der Waals surface area contributed by atoms with Crippen LogP contribution in [0.4, 0.5) is 10.1 Å². The number of anilines is 1. The lowest BCUT2D eigenvalue weighted by Crippen LogP contribution is -2.44. The number of imide groups is 1. The number of nitrogens with zero attached hydrogens (tertiary/aromatic N) is 3. The number of halogens is 2. The highest BCUT2D eigenvalue weighted by Crippen LogP contribution is 2.53. The molecule has 3 aromatic rings. The minimum absolute atomic E-state index is 0.154. The number of carbonyl (C=O) groups excluding carboxylic acids is 3. The molecule has 4 atom stereocenters. The van der Waals surface area contributed by atoms with E-state index in [1.54, 1.807) is 35.5 Å². The van der Waals surface area contributed by atoms with Gasteiger partial charge in [0.25, 0.3) is 0 Å². The van der Waals surface area contributed by atoms with Crippen molar-refractivity contribution in [2.24, 2.45) is 16.9 Å². The highest BCUT2D eigenvalue weighted by Gasteiger charge is 2.65. The van der Waals surface area contributed by atoms with Crippen LogP contribution in [0.15, 0.2) is 77.9 Å². The smallest absolute Gasteiger partial charge is 0.240 e. The Morgan fingerprint density at radius 1 is 0.912 bits per heavy atom. The van der Waals surface area contributed by atoms with Crippen molar-refractivity contribution in [1.29, 1.82) is 0 Å². The maximum atomic E-state index is 13.9. The highest BCUT2D eigenvalue weighted by atomic mass is 35.5. The number of hydrogen-bond donors (Lipinski definition) is 0. The Morgan fingerprint density at radius 3 is 2.41 bits per heavy atom. The average Bonchev–Trinajstić information content (AvgIpc) is 3.31. The molecule has 4 unspecified atom stereocenters. The van der Waals surface area contributed by atoms with E-state index in [1.165, 1.54) is 18.2 Å². The second kappa shape index (κ2) is 7.60. The van der Waals surface area contributed by atoms with Crippen LogP contribution < -0.4 is 4.90 Å². The zero-order valence-corrected chi connectivity index (χ0v) is 18.4. The third-order valence-corrected chi connectivity index (χ3v) is 7.01. The van der Waals surface area contributed by atoms with E-state index in [9.17, 15) is 18.8 Å². The van der Waals surface area contributed by atoms with Gasteiger partial charge < -0.3 is 0 Å². The van der Waals surface area contributed by atoms with Gasteiger partial charge in [-0.05, 0) is 53.6 Å². The van der Waals surface area contributed by atoms with Gasteiger partial charge in [0.2, 0.25) is 11.8 Å². The zero-order chi connectivity index (χ0) is 23.6. The fourth-order valence-electron chi connectivity index (χ4n) is 5.32. The van der Waals surface area contributed by atoms with E-state index < -0.39 is 41.6 Å². The number of fused-ring (bicyclic) bond motifs is 5. The molecule has 6 rings (SSSR count). The highest BCUT2D eigenvalue weighted by molar-refractivity contribution is 6.30. The van der Waals surface area contributed by atoms with Crippen LogP contribution in [-0.4, -0.2) is 34.9 Å². The molecule has 0 spiro atoms. The molecule has 2 saturated heterocycles. The Morgan fingerprint density at radius 2 is 1.65 bits per heavy atom. The van der Waals surface area contributed by atoms with Crippen molar-refractivity contribution in [2.45, 2.75) is 12.1 Å². The molecule has 0 aliphatic carbocycles. The van der Waals surface area contributed by atoms with E-state index in [4.69, 9.17) is 11.6 Å². The van der Waals surface area contributed by atoms with E-state index in [0.717, 1.165) is 22.1 Å². The number of hydrazone groups is 1. The molecule has 0 N–H and O–H groups in total. The summed E-state index contributed by atoms with van der Waals surface area (Å²) in [5, 5.41) is 6.59. The summed E-state index contributed by atoms with van der Waals surface area (Å²) in [6, 6.07) is 17.7. The lowest BCUT2D eigenvalue weighted by molar-refractivity contribution is -0.124. The first-order chi connectivity index (χ1) is 16.5. The van der Waals surface area contributed by atoms with Crippen LogP contribution in [-0.2, 0) is 9.59 Å². The van der Waals surface area contributed by atoms with Gasteiger partial charge >= 0.3 is 0 Å². The summed E-state index contributed by atoms with van der Waals surface area (Å²) < 4.78 is 13.9. The monoisotopic (exact) mass is 473 g/mol. The predicted molar refractivity (Wildman–Crippen MR) is 124 cm³/mol. The van der Waals surface area contributed by atoms with Gasteiger partial charge in [0.05, 0.1) is 29.8 Å². The van der Waals surface area contributed by atoms with Crippen LogP contribution in [0.1, 0.15) is 27.5 Å². The summed E-state index contributed by atoms with van der Waals surface area (Å²) >= 11 is 5.99. The molecule has 6 nitrogen and oxygen atoms in total.